The first-order valence-electron chi connectivity index (χ1n) is 23.6. The molecule has 20 nitrogen and oxygen atoms in total. The number of thiazole rings is 1. The number of benzene rings is 8. The number of nitrogens with one attached hydrogen (secondary N) is 2. The summed E-state index contributed by atoms with van der Waals surface area (Å²) in [4.78, 5) is 18.5. The first-order valence-corrected chi connectivity index (χ1v) is 29.3. The minimum absolute atomic E-state index is 0.00142. The summed E-state index contributed by atoms with van der Waals surface area (Å²) >= 11 is -4.68. The number of nitrogens with two attached hydrogens (primary N) is 2. The second-order valence-corrected chi connectivity index (χ2v) is 21.5. The number of fused-ring (bicyclic) bond motifs is 3. The lowest BCUT2D eigenvalue weighted by molar-refractivity contribution is -0.0980. The van der Waals surface area contributed by atoms with E-state index in [2.05, 4.69) is 42.1 Å². The number of carbonyl (C=O) groups is 1. The molecule has 2 heterocycles. The zero-order valence-electron chi connectivity index (χ0n) is 42.7. The van der Waals surface area contributed by atoms with E-state index in [1.807, 2.05) is 87.4 Å². The quantitative estimate of drug-likeness (QED) is 0.0211. The monoisotopic (exact) mass is 1200 g/mol. The minimum Gasteiger partial charge on any atom is -0.398 e. The van der Waals surface area contributed by atoms with Gasteiger partial charge in [0, 0.05) is 83.6 Å². The van der Waals surface area contributed by atoms with Crippen LogP contribution in [0.4, 0.5) is 55.9 Å². The highest BCUT2D eigenvalue weighted by Gasteiger charge is 2.20. The third-order valence-electron chi connectivity index (χ3n) is 11.6. The third-order valence-corrected chi connectivity index (χ3v) is 15.4. The fourth-order valence-electron chi connectivity index (χ4n) is 7.90. The predicted octanol–water partition coefficient (Wildman–Crippen LogP) is 15.7. The second kappa shape index (κ2) is 28.3. The summed E-state index contributed by atoms with van der Waals surface area (Å²) in [5.74, 6) is 0.554. The van der Waals surface area contributed by atoms with Gasteiger partial charge in [-0.05, 0) is 109 Å². The maximum absolute atomic E-state index is 12.0. The Morgan fingerprint density at radius 1 is 0.630 bits per heavy atom. The Morgan fingerprint density at radius 2 is 1.27 bits per heavy atom. The molecule has 0 aliphatic carbocycles. The van der Waals surface area contributed by atoms with Gasteiger partial charge in [0.05, 0.1) is 31.6 Å². The number of aromatic nitrogens is 2. The fourth-order valence-corrected chi connectivity index (χ4v) is 10.7. The van der Waals surface area contributed by atoms with Gasteiger partial charge in [0.2, 0.25) is 5.13 Å². The van der Waals surface area contributed by atoms with Crippen molar-refractivity contribution in [2.24, 2.45) is 20.5 Å². The molecule has 10 rings (SSSR count). The number of hydrogen-bond donors (Lipinski definition) is 9. The number of rotatable bonds is 14. The van der Waals surface area contributed by atoms with Gasteiger partial charge >= 0.3 is 0 Å². The lowest BCUT2D eigenvalue weighted by Gasteiger charge is -2.16. The van der Waals surface area contributed by atoms with Crippen LogP contribution in [0.15, 0.2) is 197 Å². The van der Waals surface area contributed by atoms with Gasteiger partial charge in [-0.3, -0.25) is 0 Å². The van der Waals surface area contributed by atoms with Crippen molar-refractivity contribution in [2.75, 3.05) is 22.1 Å². The van der Waals surface area contributed by atoms with Gasteiger partial charge in [-0.1, -0.05) is 85.8 Å². The van der Waals surface area contributed by atoms with Crippen molar-refractivity contribution in [1.82, 2.24) is 9.97 Å². The second-order valence-electron chi connectivity index (χ2n) is 16.3. The number of carbonyl (C=O) groups excluding carboxylic acids is 1. The SMILES string of the molecule is C=O.CC.Cc1c(C#N)c(Nc2ccc(SO)cc2)nc(Nc2ccc(S(=O)O)cc2)c1N=Nc1nc(-c2ccc3ccccc3c2)c(N)s1.Nc1ccc(N=Nc2cc(S(=O)O)c3cc(S(=O)O)cc(SO)c3c2)c2ccccc12. The van der Waals surface area contributed by atoms with Crippen molar-refractivity contribution in [1.29, 1.82) is 5.26 Å². The molecule has 81 heavy (non-hydrogen) atoms. The average molecular weight is 1200 g/mol. The number of hydrogen-bond acceptors (Lipinski definition) is 20. The predicted molar refractivity (Wildman–Crippen MR) is 326 cm³/mol. The van der Waals surface area contributed by atoms with E-state index < -0.39 is 33.2 Å². The Hall–Kier alpha value is -8.17. The topological polar surface area (TPSA) is 345 Å². The van der Waals surface area contributed by atoms with Crippen molar-refractivity contribution >= 4 is 164 Å². The molecule has 412 valence electrons. The molecule has 0 aliphatic heterocycles. The van der Waals surface area contributed by atoms with E-state index >= 15 is 0 Å². The van der Waals surface area contributed by atoms with Gasteiger partial charge in [0.1, 0.15) is 29.2 Å². The Labute approximate surface area is 483 Å². The lowest BCUT2D eigenvalue weighted by Crippen LogP contribution is -2.04. The minimum atomic E-state index is -2.41. The van der Waals surface area contributed by atoms with Crippen molar-refractivity contribution in [3.63, 3.8) is 0 Å². The molecule has 0 radical (unpaired) electrons. The number of anilines is 6. The first kappa shape index (κ1) is 60.5. The van der Waals surface area contributed by atoms with Crippen molar-refractivity contribution in [3.05, 3.63) is 163 Å². The average Bonchev–Trinajstić information content (AvgIpc) is 3.87. The largest absolute Gasteiger partial charge is 0.398 e. The van der Waals surface area contributed by atoms with Crippen LogP contribution in [-0.4, -0.2) is 52.1 Å². The summed E-state index contributed by atoms with van der Waals surface area (Å²) in [6, 6.07) is 46.0. The van der Waals surface area contributed by atoms with E-state index in [0.717, 1.165) is 27.1 Å². The summed E-state index contributed by atoms with van der Waals surface area (Å²) in [6.45, 7) is 7.74. The summed E-state index contributed by atoms with van der Waals surface area (Å²) in [5.41, 5.74) is 17.6. The molecular weight excluding hydrogens is 1150 g/mol. The van der Waals surface area contributed by atoms with Crippen LogP contribution < -0.4 is 22.1 Å². The molecule has 3 atom stereocenters. The summed E-state index contributed by atoms with van der Waals surface area (Å²) in [7, 11) is 0. The Balaban J connectivity index is 0.000000235. The van der Waals surface area contributed by atoms with Crippen molar-refractivity contribution in [2.45, 2.75) is 45.2 Å². The molecule has 0 aliphatic rings. The highest BCUT2D eigenvalue weighted by Crippen LogP contribution is 2.41. The lowest BCUT2D eigenvalue weighted by atomic mass is 10.1. The highest BCUT2D eigenvalue weighted by molar-refractivity contribution is 7.94. The Bertz CT molecular complexity index is 4110. The standard InChI is InChI=1S/C32H24N8O3S3.C20H15N3O5S3.C2H6.CH2O/c1-18-26(17-33)30(35-22-8-12-24(45-41)13-9-22)38-31(36-23-10-14-25(15-11-23)46(42)43)27(18)39-40-32-37-28(29(34)44-32)21-7-6-19-4-2-3-5-20(19)16-21;21-17-5-6-18(14-4-2-1-3-13(14)17)23-22-11-7-15-16(20(8-11)31(27)28)9-12(30(25)26)10-19(15)29-24;2*1-2/h2-16,41H,34H2,1H3,(H,42,43)(H2,35,36,38);1-10,24H,21H2,(H,25,26)(H,27,28);1-2H3;1H2. The molecule has 0 saturated carbocycles. The highest BCUT2D eigenvalue weighted by atomic mass is 32.2. The molecule has 0 bridgehead atoms. The number of nitriles is 1. The van der Waals surface area contributed by atoms with Gasteiger partial charge in [-0.15, -0.1) is 15.3 Å². The Kier molecular flexibility index (Phi) is 21.1. The van der Waals surface area contributed by atoms with Crippen LogP contribution in [0.1, 0.15) is 25.0 Å². The van der Waals surface area contributed by atoms with E-state index in [0.29, 0.717) is 84.2 Å². The van der Waals surface area contributed by atoms with E-state index in [9.17, 15) is 40.7 Å². The number of pyridine rings is 1. The van der Waals surface area contributed by atoms with E-state index in [-0.39, 0.29) is 47.9 Å². The van der Waals surface area contributed by atoms with Gasteiger partial charge in [0.25, 0.3) is 0 Å². The third kappa shape index (κ3) is 14.4. The molecule has 0 saturated heterocycles. The van der Waals surface area contributed by atoms with E-state index in [1.54, 1.807) is 61.5 Å². The van der Waals surface area contributed by atoms with Crippen LogP contribution in [0.5, 0.6) is 0 Å². The van der Waals surface area contributed by atoms with Crippen molar-refractivity contribution in [3.8, 4) is 17.3 Å². The fraction of sp³-hybridized carbons (Fsp3) is 0.0545. The van der Waals surface area contributed by atoms with E-state index in [1.165, 1.54) is 41.7 Å². The van der Waals surface area contributed by atoms with Crippen LogP contribution in [0.3, 0.4) is 0 Å². The molecular formula is C55H47N11O9S6. The molecule has 11 N–H and O–H groups in total. The zero-order valence-corrected chi connectivity index (χ0v) is 47.6. The Morgan fingerprint density at radius 3 is 1.91 bits per heavy atom. The summed E-state index contributed by atoms with van der Waals surface area (Å²) < 4.78 is 82.5. The summed E-state index contributed by atoms with van der Waals surface area (Å²) in [5, 5.41) is 39.2. The number of azo groups is 2. The molecule has 8 aromatic carbocycles. The molecule has 26 heteroatoms. The van der Waals surface area contributed by atoms with Gasteiger partial charge < -0.3 is 49.7 Å². The molecule has 0 amide bonds. The molecule has 10 aromatic rings. The normalized spacial score (nSPS) is 12.1. The molecule has 0 spiro atoms. The van der Waals surface area contributed by atoms with Crippen LogP contribution in [-0.2, 0) is 38.0 Å². The first-order chi connectivity index (χ1) is 39.2. The van der Waals surface area contributed by atoms with E-state index in [4.69, 9.17) is 21.2 Å². The maximum Gasteiger partial charge on any atom is 0.232 e. The number of nitrogen functional groups attached to an aromatic ring is 2. The smallest absolute Gasteiger partial charge is 0.232 e. The van der Waals surface area contributed by atoms with Crippen LogP contribution in [0.25, 0.3) is 43.6 Å². The van der Waals surface area contributed by atoms with Crippen LogP contribution in [0, 0.1) is 18.3 Å². The van der Waals surface area contributed by atoms with Gasteiger partial charge in [-0.2, -0.15) is 10.4 Å². The number of nitrogens with zero attached hydrogens (tertiary/aromatic N) is 7. The zero-order chi connectivity index (χ0) is 58.3. The molecule has 0 fully saturated rings. The van der Waals surface area contributed by atoms with Crippen molar-refractivity contribution < 1.29 is 40.2 Å². The van der Waals surface area contributed by atoms with Gasteiger partial charge in [-0.25, -0.2) is 22.6 Å². The summed E-state index contributed by atoms with van der Waals surface area (Å²) in [6.07, 6.45) is 0. The van der Waals surface area contributed by atoms with Crippen LogP contribution in [0.2, 0.25) is 0 Å². The molecule has 3 unspecified atom stereocenters. The maximum atomic E-state index is 12.0. The molecule has 2 aromatic heterocycles. The van der Waals surface area contributed by atoms with Gasteiger partial charge in [0.15, 0.2) is 44.9 Å². The van der Waals surface area contributed by atoms with Crippen LogP contribution >= 0.6 is 35.4 Å².